The SMILES string of the molecule is CN1CCc2nc(Br)sc2C1.CN1CCc2nc(C(=O)O)sc2C1.Cl. The summed E-state index contributed by atoms with van der Waals surface area (Å²) in [5, 5.41) is 8.96. The molecule has 0 aromatic carbocycles. The zero-order valence-electron chi connectivity index (χ0n) is 14.0. The number of halogens is 2. The predicted molar refractivity (Wildman–Crippen MR) is 106 cm³/mol. The van der Waals surface area contributed by atoms with Crippen LogP contribution in [0.1, 0.15) is 30.9 Å². The number of fused-ring (bicyclic) bond motifs is 2. The summed E-state index contributed by atoms with van der Waals surface area (Å²) < 4.78 is 1.03. The minimum absolute atomic E-state index is 0. The van der Waals surface area contributed by atoms with Crippen molar-refractivity contribution in [1.29, 1.82) is 0 Å². The summed E-state index contributed by atoms with van der Waals surface area (Å²) in [7, 11) is 4.18. The normalized spacial score (nSPS) is 16.9. The van der Waals surface area contributed by atoms with Crippen LogP contribution in [-0.2, 0) is 25.9 Å². The van der Waals surface area contributed by atoms with Gasteiger partial charge in [-0.1, -0.05) is 0 Å². The van der Waals surface area contributed by atoms with Gasteiger partial charge in [0.1, 0.15) is 0 Å². The number of likely N-dealkylation sites (N-methyl/N-ethyl adjacent to an activating group) is 2. The molecule has 10 heteroatoms. The first-order valence-electron chi connectivity index (χ1n) is 7.65. The van der Waals surface area contributed by atoms with Crippen LogP contribution in [0, 0.1) is 0 Å². The molecule has 0 atom stereocenters. The molecule has 0 radical (unpaired) electrons. The summed E-state index contributed by atoms with van der Waals surface area (Å²) in [4.78, 5) is 26.1. The maximum atomic E-state index is 10.6. The Morgan fingerprint density at radius 1 is 1.04 bits per heavy atom. The van der Waals surface area contributed by atoms with E-state index in [1.54, 1.807) is 11.3 Å². The second-order valence-electron chi connectivity index (χ2n) is 6.01. The van der Waals surface area contributed by atoms with Crippen LogP contribution in [0.25, 0.3) is 0 Å². The van der Waals surface area contributed by atoms with Crippen LogP contribution in [-0.4, -0.2) is 58.0 Å². The average molecular weight is 468 g/mol. The zero-order valence-corrected chi connectivity index (χ0v) is 18.0. The molecule has 0 bridgehead atoms. The van der Waals surface area contributed by atoms with E-state index < -0.39 is 5.97 Å². The Kier molecular flexibility index (Phi) is 7.36. The first-order valence-corrected chi connectivity index (χ1v) is 10.1. The zero-order chi connectivity index (χ0) is 17.3. The summed E-state index contributed by atoms with van der Waals surface area (Å²) >= 11 is 6.45. The van der Waals surface area contributed by atoms with Gasteiger partial charge in [-0.15, -0.1) is 35.1 Å². The summed E-state index contributed by atoms with van der Waals surface area (Å²) in [6.45, 7) is 4.01. The van der Waals surface area contributed by atoms with Crippen molar-refractivity contribution in [2.24, 2.45) is 0 Å². The maximum Gasteiger partial charge on any atom is 0.365 e. The van der Waals surface area contributed by atoms with Gasteiger partial charge in [-0.05, 0) is 30.0 Å². The van der Waals surface area contributed by atoms with E-state index in [1.165, 1.54) is 21.9 Å². The number of aromatic nitrogens is 2. The van der Waals surface area contributed by atoms with E-state index in [0.29, 0.717) is 0 Å². The van der Waals surface area contributed by atoms with Gasteiger partial charge in [0.25, 0.3) is 0 Å². The molecule has 0 saturated carbocycles. The molecule has 0 saturated heterocycles. The third-order valence-corrected chi connectivity index (χ3v) is 6.61. The summed E-state index contributed by atoms with van der Waals surface area (Å²) in [6, 6.07) is 0. The van der Waals surface area contributed by atoms with Gasteiger partial charge in [0.2, 0.25) is 5.01 Å². The van der Waals surface area contributed by atoms with Crippen molar-refractivity contribution in [3.8, 4) is 0 Å². The molecule has 138 valence electrons. The number of carbonyl (C=O) groups is 1. The number of aromatic carboxylic acids is 1. The van der Waals surface area contributed by atoms with Crippen molar-refractivity contribution in [2.45, 2.75) is 25.9 Å². The van der Waals surface area contributed by atoms with Gasteiger partial charge in [0.15, 0.2) is 3.92 Å². The third kappa shape index (κ3) is 5.21. The molecule has 2 aromatic heterocycles. The van der Waals surface area contributed by atoms with Crippen molar-refractivity contribution in [3.05, 3.63) is 30.1 Å². The lowest BCUT2D eigenvalue weighted by Gasteiger charge is -2.20. The molecular weight excluding hydrogens is 448 g/mol. The molecule has 6 nitrogen and oxygen atoms in total. The van der Waals surface area contributed by atoms with E-state index >= 15 is 0 Å². The Balaban J connectivity index is 0.000000175. The van der Waals surface area contributed by atoms with Crippen molar-refractivity contribution >= 4 is 57.0 Å². The molecule has 0 fully saturated rings. The van der Waals surface area contributed by atoms with Crippen molar-refractivity contribution < 1.29 is 9.90 Å². The van der Waals surface area contributed by atoms with Crippen LogP contribution in [0.3, 0.4) is 0 Å². The lowest BCUT2D eigenvalue weighted by atomic mass is 10.2. The Morgan fingerprint density at radius 3 is 2.12 bits per heavy atom. The standard InChI is InChI=1S/C8H10N2O2S.C7H9BrN2S.ClH/c1-10-3-2-5-6(4-10)13-7(9-5)8(11)12;1-10-3-2-5-6(4-10)11-7(8)9-5;/h2-4H2,1H3,(H,11,12);2-4H2,1H3;1H. The minimum Gasteiger partial charge on any atom is -0.476 e. The number of carboxylic acids is 1. The number of hydrogen-bond acceptors (Lipinski definition) is 7. The van der Waals surface area contributed by atoms with Crippen molar-refractivity contribution in [3.63, 3.8) is 0 Å². The fraction of sp³-hybridized carbons (Fsp3) is 0.533. The van der Waals surface area contributed by atoms with Gasteiger partial charge >= 0.3 is 5.97 Å². The molecule has 0 spiro atoms. The average Bonchev–Trinajstić information content (AvgIpc) is 3.09. The number of thiazole rings is 2. The van der Waals surface area contributed by atoms with Gasteiger partial charge in [0.05, 0.1) is 11.4 Å². The molecule has 0 amide bonds. The van der Waals surface area contributed by atoms with E-state index in [1.807, 2.05) is 7.05 Å². The van der Waals surface area contributed by atoms with Crippen LogP contribution in [0.4, 0.5) is 0 Å². The highest BCUT2D eigenvalue weighted by molar-refractivity contribution is 9.11. The fourth-order valence-corrected chi connectivity index (χ4v) is 5.44. The second kappa shape index (κ2) is 8.88. The van der Waals surface area contributed by atoms with E-state index in [2.05, 4.69) is 42.7 Å². The molecule has 4 heterocycles. The van der Waals surface area contributed by atoms with Gasteiger partial charge < -0.3 is 14.9 Å². The smallest absolute Gasteiger partial charge is 0.365 e. The highest BCUT2D eigenvalue weighted by atomic mass is 79.9. The summed E-state index contributed by atoms with van der Waals surface area (Å²) in [5.41, 5.74) is 2.26. The Labute approximate surface area is 169 Å². The number of rotatable bonds is 1. The molecule has 1 N–H and O–H groups in total. The Bertz CT molecular complexity index is 752. The van der Waals surface area contributed by atoms with Crippen molar-refractivity contribution in [1.82, 2.24) is 19.8 Å². The molecule has 2 aliphatic rings. The molecule has 0 aliphatic carbocycles. The topological polar surface area (TPSA) is 69.6 Å². The molecule has 4 rings (SSSR count). The van der Waals surface area contributed by atoms with Gasteiger partial charge in [-0.3, -0.25) is 0 Å². The van der Waals surface area contributed by atoms with E-state index in [9.17, 15) is 4.79 Å². The first kappa shape index (κ1) is 20.7. The largest absolute Gasteiger partial charge is 0.476 e. The first-order chi connectivity index (χ1) is 11.4. The maximum absolute atomic E-state index is 10.6. The molecule has 25 heavy (non-hydrogen) atoms. The van der Waals surface area contributed by atoms with Crippen LogP contribution >= 0.6 is 51.0 Å². The lowest BCUT2D eigenvalue weighted by Crippen LogP contribution is -2.25. The molecule has 0 unspecified atom stereocenters. The van der Waals surface area contributed by atoms with Gasteiger partial charge in [-0.2, -0.15) is 0 Å². The second-order valence-corrected chi connectivity index (χ2v) is 9.45. The Morgan fingerprint density at radius 2 is 1.56 bits per heavy atom. The fourth-order valence-electron chi connectivity index (χ4n) is 2.71. The molecule has 2 aliphatic heterocycles. The number of nitrogens with zero attached hydrogens (tertiary/aromatic N) is 4. The van der Waals surface area contributed by atoms with Crippen molar-refractivity contribution in [2.75, 3.05) is 27.2 Å². The predicted octanol–water partition coefficient (Wildman–Crippen LogP) is 3.14. The van der Waals surface area contributed by atoms with Gasteiger partial charge in [0, 0.05) is 48.8 Å². The van der Waals surface area contributed by atoms with Crippen LogP contribution in [0.15, 0.2) is 3.92 Å². The minimum atomic E-state index is -0.915. The Hall–Kier alpha value is -0.580. The van der Waals surface area contributed by atoms with E-state index in [4.69, 9.17) is 5.11 Å². The monoisotopic (exact) mass is 466 g/mol. The molecular formula is C15H20BrClN4O2S2. The molecule has 2 aromatic rings. The summed E-state index contributed by atoms with van der Waals surface area (Å²) in [6.07, 6.45) is 1.98. The third-order valence-electron chi connectivity index (χ3n) is 4.00. The number of carboxylic acid groups (broad SMARTS) is 1. The highest BCUT2D eigenvalue weighted by Gasteiger charge is 2.20. The summed E-state index contributed by atoms with van der Waals surface area (Å²) in [5.74, 6) is -0.915. The van der Waals surface area contributed by atoms with Crippen LogP contribution in [0.5, 0.6) is 0 Å². The van der Waals surface area contributed by atoms with Crippen LogP contribution < -0.4 is 0 Å². The van der Waals surface area contributed by atoms with E-state index in [0.717, 1.165) is 53.5 Å². The lowest BCUT2D eigenvalue weighted by molar-refractivity contribution is 0.0696. The quantitative estimate of drug-likeness (QED) is 0.695. The number of hydrogen-bond donors (Lipinski definition) is 1. The highest BCUT2D eigenvalue weighted by Crippen LogP contribution is 2.27. The van der Waals surface area contributed by atoms with Gasteiger partial charge in [-0.25, -0.2) is 14.8 Å². The van der Waals surface area contributed by atoms with E-state index in [-0.39, 0.29) is 17.4 Å². The van der Waals surface area contributed by atoms with Crippen LogP contribution in [0.2, 0.25) is 0 Å².